The van der Waals surface area contributed by atoms with Gasteiger partial charge in [-0.3, -0.25) is 14.7 Å². The fraction of sp³-hybridized carbons (Fsp3) is 0.333. The zero-order valence-corrected chi connectivity index (χ0v) is 17.3. The summed E-state index contributed by atoms with van der Waals surface area (Å²) in [5, 5.41) is 2.94. The molecule has 0 saturated carbocycles. The van der Waals surface area contributed by atoms with E-state index < -0.39 is 5.41 Å². The highest BCUT2D eigenvalue weighted by atomic mass is 16.2. The zero-order valence-electron chi connectivity index (χ0n) is 17.3. The van der Waals surface area contributed by atoms with Crippen LogP contribution in [-0.4, -0.2) is 45.9 Å². The lowest BCUT2D eigenvalue weighted by molar-refractivity contribution is -0.134. The average molecular weight is 402 g/mol. The summed E-state index contributed by atoms with van der Waals surface area (Å²) in [6.45, 7) is 2.52. The highest BCUT2D eigenvalue weighted by Crippen LogP contribution is 2.37. The van der Waals surface area contributed by atoms with Crippen LogP contribution in [0.3, 0.4) is 0 Å². The van der Waals surface area contributed by atoms with Gasteiger partial charge < -0.3 is 5.32 Å². The first-order valence-electron chi connectivity index (χ1n) is 10.4. The number of nitrogens with one attached hydrogen (secondary N) is 1. The predicted molar refractivity (Wildman–Crippen MR) is 116 cm³/mol. The summed E-state index contributed by atoms with van der Waals surface area (Å²) in [6, 6.07) is 12.3. The Kier molecular flexibility index (Phi) is 6.14. The third kappa shape index (κ3) is 4.39. The van der Waals surface area contributed by atoms with Crippen molar-refractivity contribution in [3.8, 4) is 11.1 Å². The molecule has 1 aromatic carbocycles. The van der Waals surface area contributed by atoms with Gasteiger partial charge in [0.2, 0.25) is 5.91 Å². The standard InChI is InChI=1S/C24H27N5O/c1-25-23(30)24(9-5-11-29(17-24)16-19-6-4-10-26-13-19)12-20-7-2-3-8-22(20)21-14-27-18-28-15-21/h2-4,6-8,10,13-15,18H,5,9,11-12,16-17H2,1H3,(H,25,30). The number of carbonyl (C=O) groups is 1. The van der Waals surface area contributed by atoms with Crippen molar-refractivity contribution in [2.24, 2.45) is 5.41 Å². The maximum absolute atomic E-state index is 13.2. The first-order chi connectivity index (χ1) is 14.7. The monoisotopic (exact) mass is 401 g/mol. The number of hydrogen-bond donors (Lipinski definition) is 1. The van der Waals surface area contributed by atoms with E-state index in [1.807, 2.05) is 36.8 Å². The van der Waals surface area contributed by atoms with Crippen LogP contribution in [0.15, 0.2) is 67.5 Å². The van der Waals surface area contributed by atoms with Crippen molar-refractivity contribution < 1.29 is 4.79 Å². The second-order valence-corrected chi connectivity index (χ2v) is 8.00. The summed E-state index contributed by atoms with van der Waals surface area (Å²) < 4.78 is 0. The molecule has 1 amide bonds. The molecule has 0 bridgehead atoms. The maximum Gasteiger partial charge on any atom is 0.227 e. The number of carbonyl (C=O) groups excluding carboxylic acids is 1. The van der Waals surface area contributed by atoms with Crippen LogP contribution in [0, 0.1) is 5.41 Å². The number of rotatable bonds is 6. The predicted octanol–water partition coefficient (Wildman–Crippen LogP) is 3.11. The summed E-state index contributed by atoms with van der Waals surface area (Å²) in [4.78, 5) is 28.1. The Labute approximate surface area is 177 Å². The van der Waals surface area contributed by atoms with Crippen molar-refractivity contribution in [2.75, 3.05) is 20.1 Å². The minimum Gasteiger partial charge on any atom is -0.359 e. The SMILES string of the molecule is CNC(=O)C1(Cc2ccccc2-c2cncnc2)CCCN(Cc2cccnc2)C1. The normalized spacial score (nSPS) is 19.4. The lowest BCUT2D eigenvalue weighted by Crippen LogP contribution is -2.52. The van der Waals surface area contributed by atoms with Gasteiger partial charge in [0.05, 0.1) is 5.41 Å². The Morgan fingerprint density at radius 2 is 1.93 bits per heavy atom. The molecule has 6 heteroatoms. The summed E-state index contributed by atoms with van der Waals surface area (Å²) in [5.74, 6) is 0.109. The van der Waals surface area contributed by atoms with Crippen molar-refractivity contribution in [3.63, 3.8) is 0 Å². The van der Waals surface area contributed by atoms with Crippen LogP contribution in [0.2, 0.25) is 0 Å². The summed E-state index contributed by atoms with van der Waals surface area (Å²) in [6.07, 6.45) is 11.4. The van der Waals surface area contributed by atoms with E-state index in [4.69, 9.17) is 0 Å². The Bertz CT molecular complexity index is 979. The van der Waals surface area contributed by atoms with Crippen LogP contribution < -0.4 is 5.32 Å². The Morgan fingerprint density at radius 1 is 1.10 bits per heavy atom. The van der Waals surface area contributed by atoms with E-state index in [0.29, 0.717) is 6.42 Å². The minimum atomic E-state index is -0.471. The minimum absolute atomic E-state index is 0.109. The van der Waals surface area contributed by atoms with Gasteiger partial charge in [-0.2, -0.15) is 0 Å². The quantitative estimate of drug-likeness (QED) is 0.687. The molecule has 3 heterocycles. The van der Waals surface area contributed by atoms with Crippen molar-refractivity contribution in [2.45, 2.75) is 25.8 Å². The van der Waals surface area contributed by atoms with Crippen LogP contribution in [-0.2, 0) is 17.8 Å². The molecular weight excluding hydrogens is 374 g/mol. The number of amides is 1. The van der Waals surface area contributed by atoms with E-state index in [2.05, 4.69) is 43.4 Å². The molecule has 3 aromatic rings. The fourth-order valence-electron chi connectivity index (χ4n) is 4.55. The molecule has 1 aliphatic heterocycles. The van der Waals surface area contributed by atoms with E-state index in [1.54, 1.807) is 13.2 Å². The molecule has 0 spiro atoms. The molecule has 1 N–H and O–H groups in total. The number of aromatic nitrogens is 3. The second-order valence-electron chi connectivity index (χ2n) is 8.00. The van der Waals surface area contributed by atoms with Crippen LogP contribution >= 0.6 is 0 Å². The van der Waals surface area contributed by atoms with Crippen LogP contribution in [0.5, 0.6) is 0 Å². The summed E-state index contributed by atoms with van der Waals surface area (Å²) in [7, 11) is 1.74. The number of pyridine rings is 1. The molecule has 1 fully saturated rings. The Hall–Kier alpha value is -3.12. The molecule has 4 rings (SSSR count). The van der Waals surface area contributed by atoms with Crippen molar-refractivity contribution in [1.29, 1.82) is 0 Å². The van der Waals surface area contributed by atoms with Gasteiger partial charge in [-0.1, -0.05) is 30.3 Å². The molecule has 1 unspecified atom stereocenters. The zero-order chi connectivity index (χ0) is 20.8. The summed E-state index contributed by atoms with van der Waals surface area (Å²) in [5.41, 5.74) is 3.92. The Morgan fingerprint density at radius 3 is 2.70 bits per heavy atom. The van der Waals surface area contributed by atoms with Crippen molar-refractivity contribution in [1.82, 2.24) is 25.2 Å². The van der Waals surface area contributed by atoms with E-state index in [1.165, 1.54) is 11.9 Å². The summed E-state index contributed by atoms with van der Waals surface area (Å²) >= 11 is 0. The molecule has 1 atom stereocenters. The molecular formula is C24H27N5O. The lowest BCUT2D eigenvalue weighted by Gasteiger charge is -2.42. The van der Waals surface area contributed by atoms with Crippen LogP contribution in [0.4, 0.5) is 0 Å². The smallest absolute Gasteiger partial charge is 0.227 e. The molecule has 1 saturated heterocycles. The van der Waals surface area contributed by atoms with Crippen molar-refractivity contribution >= 4 is 5.91 Å². The van der Waals surface area contributed by atoms with E-state index in [0.717, 1.165) is 49.2 Å². The number of nitrogens with zero attached hydrogens (tertiary/aromatic N) is 4. The average Bonchev–Trinajstić information content (AvgIpc) is 2.80. The molecule has 6 nitrogen and oxygen atoms in total. The molecule has 30 heavy (non-hydrogen) atoms. The largest absolute Gasteiger partial charge is 0.359 e. The van der Waals surface area contributed by atoms with Crippen LogP contribution in [0.1, 0.15) is 24.0 Å². The van der Waals surface area contributed by atoms with Gasteiger partial charge in [0, 0.05) is 50.5 Å². The highest BCUT2D eigenvalue weighted by molar-refractivity contribution is 5.83. The van der Waals surface area contributed by atoms with E-state index in [-0.39, 0.29) is 5.91 Å². The van der Waals surface area contributed by atoms with Gasteiger partial charge in [0.25, 0.3) is 0 Å². The first-order valence-corrected chi connectivity index (χ1v) is 10.4. The van der Waals surface area contributed by atoms with Crippen LogP contribution in [0.25, 0.3) is 11.1 Å². The number of benzene rings is 1. The van der Waals surface area contributed by atoms with Gasteiger partial charge in [0.15, 0.2) is 0 Å². The molecule has 154 valence electrons. The lowest BCUT2D eigenvalue weighted by atomic mass is 9.73. The van der Waals surface area contributed by atoms with Gasteiger partial charge >= 0.3 is 0 Å². The van der Waals surface area contributed by atoms with Crippen molar-refractivity contribution in [3.05, 3.63) is 78.6 Å². The number of likely N-dealkylation sites (tertiary alicyclic amines) is 1. The molecule has 0 aliphatic carbocycles. The molecule has 0 radical (unpaired) electrons. The van der Waals surface area contributed by atoms with Gasteiger partial charge in [0.1, 0.15) is 6.33 Å². The maximum atomic E-state index is 13.2. The highest BCUT2D eigenvalue weighted by Gasteiger charge is 2.42. The van der Waals surface area contributed by atoms with Gasteiger partial charge in [-0.15, -0.1) is 0 Å². The van der Waals surface area contributed by atoms with Gasteiger partial charge in [-0.25, -0.2) is 9.97 Å². The molecule has 1 aliphatic rings. The van der Waals surface area contributed by atoms with E-state index in [9.17, 15) is 4.79 Å². The third-order valence-electron chi connectivity index (χ3n) is 5.91. The molecule has 2 aromatic heterocycles. The number of piperidine rings is 1. The third-order valence-corrected chi connectivity index (χ3v) is 5.91. The number of hydrogen-bond acceptors (Lipinski definition) is 5. The van der Waals surface area contributed by atoms with Gasteiger partial charge in [-0.05, 0) is 48.6 Å². The fourth-order valence-corrected chi connectivity index (χ4v) is 4.55. The van der Waals surface area contributed by atoms with E-state index >= 15 is 0 Å². The first kappa shape index (κ1) is 20.2. The Balaban J connectivity index is 1.63. The second kappa shape index (κ2) is 9.13. The topological polar surface area (TPSA) is 71.0 Å².